The van der Waals surface area contributed by atoms with Crippen LogP contribution in [0.25, 0.3) is 0 Å². The summed E-state index contributed by atoms with van der Waals surface area (Å²) in [6, 6.07) is 1.14. The number of nitrogens with two attached hydrogens (primary N) is 1. The highest BCUT2D eigenvalue weighted by Crippen LogP contribution is 2.16. The predicted molar refractivity (Wildman–Crippen MR) is 64.1 cm³/mol. The molecule has 1 aromatic rings. The second kappa shape index (κ2) is 4.84. The van der Waals surface area contributed by atoms with Crippen LogP contribution < -0.4 is 5.73 Å². The van der Waals surface area contributed by atoms with Crippen LogP contribution in [0.2, 0.25) is 0 Å². The van der Waals surface area contributed by atoms with E-state index in [1.165, 1.54) is 21.3 Å². The van der Waals surface area contributed by atoms with Crippen LogP contribution in [0.4, 0.5) is 0 Å². The fourth-order valence-electron chi connectivity index (χ4n) is 1.45. The molecule has 0 saturated carbocycles. The first kappa shape index (κ1) is 13.7. The van der Waals surface area contributed by atoms with Crippen molar-refractivity contribution < 1.29 is 8.42 Å². The van der Waals surface area contributed by atoms with Gasteiger partial charge in [-0.2, -0.15) is 9.40 Å². The summed E-state index contributed by atoms with van der Waals surface area (Å²) >= 11 is 0. The molecular formula is C9H17N5O2S. The van der Waals surface area contributed by atoms with E-state index in [2.05, 4.69) is 5.10 Å². The van der Waals surface area contributed by atoms with Gasteiger partial charge in [0.05, 0.1) is 12.7 Å². The predicted octanol–water partition coefficient (Wildman–Crippen LogP) is -0.245. The summed E-state index contributed by atoms with van der Waals surface area (Å²) in [7, 11) is -2.12. The largest absolute Gasteiger partial charge is 0.387 e. The van der Waals surface area contributed by atoms with Crippen LogP contribution in [0.15, 0.2) is 17.3 Å². The zero-order valence-electron chi connectivity index (χ0n) is 10.1. The van der Waals surface area contributed by atoms with E-state index in [0.717, 1.165) is 0 Å². The van der Waals surface area contributed by atoms with E-state index in [9.17, 15) is 8.42 Å². The van der Waals surface area contributed by atoms with Crippen LogP contribution >= 0.6 is 0 Å². The molecule has 0 atom stereocenters. The standard InChI is InChI=1S/C9H17N5O2S/c1-7(2)14(6-8(10)11)17(15,16)9-4-5-12-13(9)3/h4-5,7H,6H2,1-3H3,(H3,10,11). The Morgan fingerprint density at radius 3 is 2.59 bits per heavy atom. The molecule has 3 N–H and O–H groups in total. The monoisotopic (exact) mass is 259 g/mol. The molecule has 8 heteroatoms. The van der Waals surface area contributed by atoms with Crippen molar-refractivity contribution in [2.75, 3.05) is 6.54 Å². The van der Waals surface area contributed by atoms with Crippen LogP contribution in [-0.2, 0) is 17.1 Å². The summed E-state index contributed by atoms with van der Waals surface area (Å²) in [6.07, 6.45) is 1.42. The fourth-order valence-corrected chi connectivity index (χ4v) is 3.17. The molecule has 17 heavy (non-hydrogen) atoms. The molecule has 1 rings (SSSR count). The van der Waals surface area contributed by atoms with Gasteiger partial charge < -0.3 is 5.73 Å². The molecule has 0 radical (unpaired) electrons. The number of hydrogen-bond acceptors (Lipinski definition) is 4. The Kier molecular flexibility index (Phi) is 3.89. The van der Waals surface area contributed by atoms with Crippen molar-refractivity contribution in [3.8, 4) is 0 Å². The third-order valence-corrected chi connectivity index (χ3v) is 4.35. The van der Waals surface area contributed by atoms with Gasteiger partial charge in [-0.1, -0.05) is 0 Å². The van der Waals surface area contributed by atoms with E-state index in [1.54, 1.807) is 20.9 Å². The van der Waals surface area contributed by atoms with Gasteiger partial charge in [-0.3, -0.25) is 10.1 Å². The third kappa shape index (κ3) is 2.83. The number of hydrogen-bond donors (Lipinski definition) is 2. The number of aryl methyl sites for hydroxylation is 1. The lowest BCUT2D eigenvalue weighted by molar-refractivity contribution is 0.384. The van der Waals surface area contributed by atoms with E-state index < -0.39 is 10.0 Å². The first-order valence-corrected chi connectivity index (χ1v) is 6.53. The lowest BCUT2D eigenvalue weighted by Gasteiger charge is -2.24. The topological polar surface area (TPSA) is 105 Å². The number of nitrogens with one attached hydrogen (secondary N) is 1. The number of amidine groups is 1. The van der Waals surface area contributed by atoms with Crippen molar-refractivity contribution in [3.63, 3.8) is 0 Å². The minimum absolute atomic E-state index is 0.0902. The van der Waals surface area contributed by atoms with Crippen molar-refractivity contribution in [3.05, 3.63) is 12.3 Å². The number of aromatic nitrogens is 2. The molecular weight excluding hydrogens is 242 g/mol. The first-order chi connectivity index (χ1) is 7.76. The average molecular weight is 259 g/mol. The SMILES string of the molecule is CC(C)N(CC(=N)N)S(=O)(=O)c1ccnn1C. The van der Waals surface area contributed by atoms with E-state index in [4.69, 9.17) is 11.1 Å². The zero-order valence-corrected chi connectivity index (χ0v) is 10.9. The van der Waals surface area contributed by atoms with Crippen LogP contribution in [0.5, 0.6) is 0 Å². The smallest absolute Gasteiger partial charge is 0.260 e. The maximum absolute atomic E-state index is 12.3. The van der Waals surface area contributed by atoms with Gasteiger partial charge in [0.1, 0.15) is 5.84 Å². The van der Waals surface area contributed by atoms with Crippen molar-refractivity contribution in [1.29, 1.82) is 5.41 Å². The van der Waals surface area contributed by atoms with Gasteiger partial charge in [-0.15, -0.1) is 0 Å². The van der Waals surface area contributed by atoms with Crippen LogP contribution in [0.1, 0.15) is 13.8 Å². The van der Waals surface area contributed by atoms with Crippen molar-refractivity contribution in [2.24, 2.45) is 12.8 Å². The molecule has 0 aromatic carbocycles. The minimum Gasteiger partial charge on any atom is -0.387 e. The Labute approximate surface area is 101 Å². The molecule has 0 aliphatic rings. The Balaban J connectivity index is 3.18. The molecule has 0 unspecified atom stereocenters. The maximum atomic E-state index is 12.3. The fraction of sp³-hybridized carbons (Fsp3) is 0.556. The van der Waals surface area contributed by atoms with Gasteiger partial charge in [0.25, 0.3) is 10.0 Å². The van der Waals surface area contributed by atoms with Gasteiger partial charge >= 0.3 is 0 Å². The van der Waals surface area contributed by atoms with Gasteiger partial charge in [0, 0.05) is 13.1 Å². The van der Waals surface area contributed by atoms with E-state index in [1.807, 2.05) is 0 Å². The Bertz CT molecular complexity index is 505. The van der Waals surface area contributed by atoms with Crippen molar-refractivity contribution in [1.82, 2.24) is 14.1 Å². The van der Waals surface area contributed by atoms with Gasteiger partial charge in [0.15, 0.2) is 5.03 Å². The second-order valence-electron chi connectivity index (χ2n) is 3.96. The Morgan fingerprint density at radius 2 is 2.24 bits per heavy atom. The maximum Gasteiger partial charge on any atom is 0.260 e. The van der Waals surface area contributed by atoms with E-state index >= 15 is 0 Å². The van der Waals surface area contributed by atoms with Gasteiger partial charge in [-0.25, -0.2) is 8.42 Å². The second-order valence-corrected chi connectivity index (χ2v) is 5.80. The molecule has 7 nitrogen and oxygen atoms in total. The average Bonchev–Trinajstić information content (AvgIpc) is 2.60. The zero-order chi connectivity index (χ0) is 13.2. The van der Waals surface area contributed by atoms with Gasteiger partial charge in [-0.05, 0) is 19.9 Å². The molecule has 0 aliphatic carbocycles. The Hall–Kier alpha value is -1.41. The molecule has 0 aliphatic heterocycles. The molecule has 96 valence electrons. The molecule has 0 fully saturated rings. The molecule has 0 amide bonds. The number of sulfonamides is 1. The lowest BCUT2D eigenvalue weighted by atomic mass is 10.4. The molecule has 1 aromatic heterocycles. The van der Waals surface area contributed by atoms with Crippen LogP contribution in [0, 0.1) is 5.41 Å². The summed E-state index contributed by atoms with van der Waals surface area (Å²) in [4.78, 5) is 0. The first-order valence-electron chi connectivity index (χ1n) is 5.09. The summed E-state index contributed by atoms with van der Waals surface area (Å²) in [5, 5.41) is 11.1. The summed E-state index contributed by atoms with van der Waals surface area (Å²) in [6.45, 7) is 3.35. The molecule has 0 spiro atoms. The highest BCUT2D eigenvalue weighted by molar-refractivity contribution is 7.89. The molecule has 0 saturated heterocycles. The van der Waals surface area contributed by atoms with Crippen molar-refractivity contribution in [2.45, 2.75) is 24.9 Å². The summed E-state index contributed by atoms with van der Waals surface area (Å²) in [5.41, 5.74) is 5.27. The van der Waals surface area contributed by atoms with E-state index in [-0.39, 0.29) is 23.4 Å². The summed E-state index contributed by atoms with van der Waals surface area (Å²) in [5.74, 6) is -0.190. The molecule has 1 heterocycles. The highest BCUT2D eigenvalue weighted by Gasteiger charge is 2.29. The normalized spacial score (nSPS) is 12.3. The number of rotatable bonds is 5. The molecule has 0 bridgehead atoms. The Morgan fingerprint density at radius 1 is 1.65 bits per heavy atom. The van der Waals surface area contributed by atoms with Crippen LogP contribution in [0.3, 0.4) is 0 Å². The van der Waals surface area contributed by atoms with Gasteiger partial charge in [0.2, 0.25) is 0 Å². The van der Waals surface area contributed by atoms with Crippen molar-refractivity contribution >= 4 is 15.9 Å². The quantitative estimate of drug-likeness (QED) is 0.562. The lowest BCUT2D eigenvalue weighted by Crippen LogP contribution is -2.43. The highest BCUT2D eigenvalue weighted by atomic mass is 32.2. The minimum atomic E-state index is -3.67. The van der Waals surface area contributed by atoms with Crippen LogP contribution in [-0.4, -0.2) is 40.9 Å². The number of nitrogens with zero attached hydrogens (tertiary/aromatic N) is 3. The third-order valence-electron chi connectivity index (χ3n) is 2.25. The summed E-state index contributed by atoms with van der Waals surface area (Å²) < 4.78 is 27.1. The van der Waals surface area contributed by atoms with E-state index in [0.29, 0.717) is 0 Å².